The van der Waals surface area contributed by atoms with Crippen LogP contribution < -0.4 is 14.9 Å². The molecule has 4 heteroatoms. The molecule has 4 nitrogen and oxygen atoms in total. The highest BCUT2D eigenvalue weighted by molar-refractivity contribution is 5.82. The van der Waals surface area contributed by atoms with Crippen LogP contribution in [-0.2, 0) is 5.41 Å². The van der Waals surface area contributed by atoms with E-state index in [0.717, 1.165) is 16.9 Å². The standard InChI is InChI=1S/C29H30O4/c1-19-6-13-23(14-7-19)31-16-17-32-28-26(30)24-15-8-20(2)18-25(24)33-27(28)21-9-11-22(12-10-21)29(3,4)5/h6-15,18H,16-17H2,1-5H3. The predicted octanol–water partition coefficient (Wildman–Crippen LogP) is 6.83. The number of rotatable bonds is 6. The first-order chi connectivity index (χ1) is 15.7. The molecule has 0 saturated heterocycles. The summed E-state index contributed by atoms with van der Waals surface area (Å²) < 4.78 is 18.0. The maximum absolute atomic E-state index is 13.3. The summed E-state index contributed by atoms with van der Waals surface area (Å²) in [6.45, 7) is 11.1. The maximum Gasteiger partial charge on any atom is 0.235 e. The normalized spacial score (nSPS) is 11.5. The fourth-order valence-electron chi connectivity index (χ4n) is 3.66. The lowest BCUT2D eigenvalue weighted by Gasteiger charge is -2.19. The van der Waals surface area contributed by atoms with Gasteiger partial charge in [0.05, 0.1) is 5.39 Å². The van der Waals surface area contributed by atoms with Crippen LogP contribution in [0.1, 0.15) is 37.5 Å². The molecule has 0 saturated carbocycles. The molecule has 4 rings (SSSR count). The van der Waals surface area contributed by atoms with Crippen LogP contribution in [-0.4, -0.2) is 13.2 Å². The molecular weight excluding hydrogens is 412 g/mol. The number of aryl methyl sites for hydroxylation is 2. The first-order valence-corrected chi connectivity index (χ1v) is 11.2. The van der Waals surface area contributed by atoms with Gasteiger partial charge < -0.3 is 13.9 Å². The lowest BCUT2D eigenvalue weighted by atomic mass is 9.86. The molecule has 0 fully saturated rings. The Morgan fingerprint density at radius 3 is 2.09 bits per heavy atom. The zero-order valence-electron chi connectivity index (χ0n) is 19.9. The molecule has 1 aromatic heterocycles. The molecule has 0 aliphatic carbocycles. The molecule has 0 aliphatic heterocycles. The second-order valence-corrected chi connectivity index (χ2v) is 9.43. The molecule has 0 aliphatic rings. The third-order valence-corrected chi connectivity index (χ3v) is 5.64. The second-order valence-electron chi connectivity index (χ2n) is 9.43. The average molecular weight is 443 g/mol. The van der Waals surface area contributed by atoms with Crippen molar-refractivity contribution in [2.24, 2.45) is 0 Å². The second kappa shape index (κ2) is 9.14. The zero-order valence-corrected chi connectivity index (χ0v) is 19.9. The third kappa shape index (κ3) is 5.11. The molecular formula is C29H30O4. The van der Waals surface area contributed by atoms with Crippen molar-refractivity contribution in [1.29, 1.82) is 0 Å². The van der Waals surface area contributed by atoms with Crippen LogP contribution in [0.4, 0.5) is 0 Å². The molecule has 0 unspecified atom stereocenters. The Labute approximate surface area is 194 Å². The van der Waals surface area contributed by atoms with Gasteiger partial charge in [0.2, 0.25) is 11.2 Å². The molecule has 0 atom stereocenters. The van der Waals surface area contributed by atoms with E-state index in [0.29, 0.717) is 23.3 Å². The number of hydrogen-bond donors (Lipinski definition) is 0. The van der Waals surface area contributed by atoms with Crippen molar-refractivity contribution in [2.45, 2.75) is 40.0 Å². The fourth-order valence-corrected chi connectivity index (χ4v) is 3.66. The van der Waals surface area contributed by atoms with Crippen molar-refractivity contribution < 1.29 is 13.9 Å². The Kier molecular flexibility index (Phi) is 6.28. The van der Waals surface area contributed by atoms with Gasteiger partial charge in [0, 0.05) is 5.56 Å². The van der Waals surface area contributed by atoms with Crippen LogP contribution in [0.15, 0.2) is 75.9 Å². The summed E-state index contributed by atoms with van der Waals surface area (Å²) in [6.07, 6.45) is 0. The Bertz CT molecular complexity index is 1310. The molecule has 170 valence electrons. The zero-order chi connectivity index (χ0) is 23.6. The summed E-state index contributed by atoms with van der Waals surface area (Å²) in [4.78, 5) is 13.3. The Hall–Kier alpha value is -3.53. The predicted molar refractivity (Wildman–Crippen MR) is 134 cm³/mol. The summed E-state index contributed by atoms with van der Waals surface area (Å²) >= 11 is 0. The maximum atomic E-state index is 13.3. The van der Waals surface area contributed by atoms with Gasteiger partial charge in [-0.05, 0) is 54.7 Å². The Morgan fingerprint density at radius 1 is 0.788 bits per heavy atom. The molecule has 0 N–H and O–H groups in total. The Balaban J connectivity index is 1.66. The van der Waals surface area contributed by atoms with Crippen LogP contribution in [0.2, 0.25) is 0 Å². The third-order valence-electron chi connectivity index (χ3n) is 5.64. The van der Waals surface area contributed by atoms with Gasteiger partial charge in [0.25, 0.3) is 0 Å². The number of hydrogen-bond acceptors (Lipinski definition) is 4. The van der Waals surface area contributed by atoms with Crippen LogP contribution in [0.5, 0.6) is 11.5 Å². The van der Waals surface area contributed by atoms with E-state index in [9.17, 15) is 4.79 Å². The molecule has 0 spiro atoms. The monoisotopic (exact) mass is 442 g/mol. The quantitative estimate of drug-likeness (QED) is 0.307. The minimum absolute atomic E-state index is 0.0342. The van der Waals surface area contributed by atoms with Crippen LogP contribution >= 0.6 is 0 Å². The number of ether oxygens (including phenoxy) is 2. The SMILES string of the molecule is Cc1ccc(OCCOc2c(-c3ccc(C(C)(C)C)cc3)oc3cc(C)ccc3c2=O)cc1. The van der Waals surface area contributed by atoms with Crippen molar-refractivity contribution in [2.75, 3.05) is 13.2 Å². The van der Waals surface area contributed by atoms with Gasteiger partial charge in [0.1, 0.15) is 24.5 Å². The summed E-state index contributed by atoms with van der Waals surface area (Å²) in [5, 5.41) is 0.505. The van der Waals surface area contributed by atoms with Crippen LogP contribution in [0.25, 0.3) is 22.3 Å². The van der Waals surface area contributed by atoms with Gasteiger partial charge in [-0.2, -0.15) is 0 Å². The topological polar surface area (TPSA) is 48.7 Å². The minimum atomic E-state index is -0.179. The molecule has 3 aromatic carbocycles. The summed E-state index contributed by atoms with van der Waals surface area (Å²) in [7, 11) is 0. The first-order valence-electron chi connectivity index (χ1n) is 11.2. The highest BCUT2D eigenvalue weighted by atomic mass is 16.5. The molecule has 0 radical (unpaired) electrons. The van der Waals surface area contributed by atoms with E-state index < -0.39 is 0 Å². The van der Waals surface area contributed by atoms with E-state index >= 15 is 0 Å². The van der Waals surface area contributed by atoms with Crippen LogP contribution in [0, 0.1) is 13.8 Å². The van der Waals surface area contributed by atoms with E-state index in [-0.39, 0.29) is 23.2 Å². The van der Waals surface area contributed by atoms with Gasteiger partial charge in [-0.25, -0.2) is 0 Å². The van der Waals surface area contributed by atoms with E-state index in [1.807, 2.05) is 62.4 Å². The summed E-state index contributed by atoms with van der Waals surface area (Å²) in [5.41, 5.74) is 4.62. The highest BCUT2D eigenvalue weighted by Gasteiger charge is 2.19. The fraction of sp³-hybridized carbons (Fsp3) is 0.276. The minimum Gasteiger partial charge on any atom is -0.490 e. The molecule has 0 amide bonds. The lowest BCUT2D eigenvalue weighted by molar-refractivity contribution is 0.214. The lowest BCUT2D eigenvalue weighted by Crippen LogP contribution is -2.15. The van der Waals surface area contributed by atoms with E-state index in [1.165, 1.54) is 11.1 Å². The molecule has 4 aromatic rings. The van der Waals surface area contributed by atoms with Crippen molar-refractivity contribution in [1.82, 2.24) is 0 Å². The van der Waals surface area contributed by atoms with Gasteiger partial charge >= 0.3 is 0 Å². The van der Waals surface area contributed by atoms with Crippen LogP contribution in [0.3, 0.4) is 0 Å². The van der Waals surface area contributed by atoms with E-state index in [4.69, 9.17) is 13.9 Å². The van der Waals surface area contributed by atoms with Gasteiger partial charge in [-0.15, -0.1) is 0 Å². The van der Waals surface area contributed by atoms with E-state index in [1.54, 1.807) is 6.07 Å². The summed E-state index contributed by atoms with van der Waals surface area (Å²) in [5.74, 6) is 1.42. The smallest absolute Gasteiger partial charge is 0.235 e. The largest absolute Gasteiger partial charge is 0.490 e. The first kappa shape index (κ1) is 22.7. The summed E-state index contributed by atoms with van der Waals surface area (Å²) in [6, 6.07) is 21.5. The average Bonchev–Trinajstić information content (AvgIpc) is 2.78. The van der Waals surface area contributed by atoms with Crippen molar-refractivity contribution in [3.63, 3.8) is 0 Å². The number of fused-ring (bicyclic) bond motifs is 1. The molecule has 33 heavy (non-hydrogen) atoms. The van der Waals surface area contributed by atoms with Crippen molar-refractivity contribution in [3.8, 4) is 22.8 Å². The molecule has 1 heterocycles. The molecule has 0 bridgehead atoms. The Morgan fingerprint density at radius 2 is 1.42 bits per heavy atom. The number of benzene rings is 3. The van der Waals surface area contributed by atoms with Gasteiger partial charge in [-0.3, -0.25) is 4.79 Å². The van der Waals surface area contributed by atoms with Gasteiger partial charge in [-0.1, -0.05) is 68.8 Å². The van der Waals surface area contributed by atoms with Gasteiger partial charge in [0.15, 0.2) is 5.76 Å². The van der Waals surface area contributed by atoms with E-state index in [2.05, 4.69) is 32.9 Å². The highest BCUT2D eigenvalue weighted by Crippen LogP contribution is 2.33. The van der Waals surface area contributed by atoms with Crippen molar-refractivity contribution >= 4 is 11.0 Å². The van der Waals surface area contributed by atoms with Crippen molar-refractivity contribution in [3.05, 3.63) is 93.6 Å².